The number of hydrogen-bond acceptors (Lipinski definition) is 5. The summed E-state index contributed by atoms with van der Waals surface area (Å²) in [5.41, 5.74) is 0. The molecule has 0 aromatic carbocycles. The Balaban J connectivity index is 2.19. The Morgan fingerprint density at radius 3 is 2.94 bits per heavy atom. The molecule has 0 spiro atoms. The maximum atomic E-state index is 11.3. The van der Waals surface area contributed by atoms with Crippen molar-refractivity contribution in [3.05, 3.63) is 5.89 Å². The molecule has 0 saturated carbocycles. The molecule has 0 radical (unpaired) electrons. The molecular formula is C10H17ClN4O2. The van der Waals surface area contributed by atoms with Crippen LogP contribution >= 0.6 is 11.6 Å². The van der Waals surface area contributed by atoms with Crippen LogP contribution in [0.2, 0.25) is 0 Å². The largest absolute Gasteiger partial charge is 0.408 e. The standard InChI is InChI=1S/C10H17ClN4O2/c1-2-6-12-8(16)4-7-13-10-15-14-9(17-10)3-5-11/h2-7H2,1H3,(H,12,16)(H,13,15). The SMILES string of the molecule is CCCNC(=O)CCNc1nnc(CCCl)o1. The molecule has 96 valence electrons. The lowest BCUT2D eigenvalue weighted by Gasteiger charge is -2.03. The number of amides is 1. The molecule has 0 bridgehead atoms. The molecule has 0 unspecified atom stereocenters. The highest BCUT2D eigenvalue weighted by Gasteiger charge is 2.05. The van der Waals surface area contributed by atoms with Crippen LogP contribution in [0.4, 0.5) is 6.01 Å². The second-order valence-corrected chi connectivity index (χ2v) is 3.84. The summed E-state index contributed by atoms with van der Waals surface area (Å²) in [6.07, 6.45) is 1.87. The maximum absolute atomic E-state index is 11.3. The molecule has 7 heteroatoms. The lowest BCUT2D eigenvalue weighted by atomic mass is 10.4. The van der Waals surface area contributed by atoms with Crippen molar-refractivity contribution < 1.29 is 9.21 Å². The molecule has 0 fully saturated rings. The van der Waals surface area contributed by atoms with Crippen LogP contribution < -0.4 is 10.6 Å². The monoisotopic (exact) mass is 260 g/mol. The Hall–Kier alpha value is -1.30. The minimum Gasteiger partial charge on any atom is -0.408 e. The van der Waals surface area contributed by atoms with Gasteiger partial charge in [0.1, 0.15) is 0 Å². The average molecular weight is 261 g/mol. The van der Waals surface area contributed by atoms with Gasteiger partial charge in [0, 0.05) is 31.8 Å². The minimum absolute atomic E-state index is 0.0137. The Bertz CT molecular complexity index is 343. The summed E-state index contributed by atoms with van der Waals surface area (Å²) < 4.78 is 5.24. The molecule has 1 rings (SSSR count). The number of alkyl halides is 1. The van der Waals surface area contributed by atoms with Crippen molar-refractivity contribution >= 4 is 23.5 Å². The number of halogens is 1. The zero-order chi connectivity index (χ0) is 12.5. The summed E-state index contributed by atoms with van der Waals surface area (Å²) >= 11 is 5.54. The van der Waals surface area contributed by atoms with Gasteiger partial charge in [-0.15, -0.1) is 16.7 Å². The highest BCUT2D eigenvalue weighted by Crippen LogP contribution is 2.06. The smallest absolute Gasteiger partial charge is 0.315 e. The van der Waals surface area contributed by atoms with Crippen LogP contribution in [0.3, 0.4) is 0 Å². The van der Waals surface area contributed by atoms with Crippen LogP contribution in [-0.4, -0.2) is 35.1 Å². The summed E-state index contributed by atoms with van der Waals surface area (Å²) in [7, 11) is 0. The van der Waals surface area contributed by atoms with Gasteiger partial charge in [0.15, 0.2) is 0 Å². The van der Waals surface area contributed by atoms with E-state index in [0.717, 1.165) is 6.42 Å². The number of anilines is 1. The normalized spacial score (nSPS) is 10.2. The maximum Gasteiger partial charge on any atom is 0.315 e. The molecule has 0 saturated heterocycles. The molecule has 0 aliphatic heterocycles. The van der Waals surface area contributed by atoms with Gasteiger partial charge in [-0.05, 0) is 6.42 Å². The number of carbonyl (C=O) groups excluding carboxylic acids is 1. The van der Waals surface area contributed by atoms with E-state index < -0.39 is 0 Å². The van der Waals surface area contributed by atoms with Gasteiger partial charge in [-0.3, -0.25) is 4.79 Å². The Labute approximate surface area is 105 Å². The van der Waals surface area contributed by atoms with E-state index in [1.54, 1.807) is 0 Å². The third kappa shape index (κ3) is 5.53. The molecule has 1 heterocycles. The van der Waals surface area contributed by atoms with Crippen LogP contribution in [0.5, 0.6) is 0 Å². The van der Waals surface area contributed by atoms with Crippen molar-refractivity contribution in [2.45, 2.75) is 26.2 Å². The van der Waals surface area contributed by atoms with Crippen molar-refractivity contribution in [1.82, 2.24) is 15.5 Å². The molecule has 1 amide bonds. The van der Waals surface area contributed by atoms with E-state index in [9.17, 15) is 4.79 Å². The molecule has 1 aromatic rings. The van der Waals surface area contributed by atoms with Gasteiger partial charge in [0.05, 0.1) is 0 Å². The second kappa shape index (κ2) is 7.89. The molecular weight excluding hydrogens is 244 g/mol. The summed E-state index contributed by atoms with van der Waals surface area (Å²) in [4.78, 5) is 11.3. The number of nitrogens with zero attached hydrogens (tertiary/aromatic N) is 2. The average Bonchev–Trinajstić information content (AvgIpc) is 2.75. The van der Waals surface area contributed by atoms with Crippen molar-refractivity contribution in [3.63, 3.8) is 0 Å². The summed E-state index contributed by atoms with van der Waals surface area (Å²) in [5, 5.41) is 13.2. The van der Waals surface area contributed by atoms with Crippen molar-refractivity contribution in [1.29, 1.82) is 0 Å². The van der Waals surface area contributed by atoms with Crippen LogP contribution in [0.25, 0.3) is 0 Å². The molecule has 2 N–H and O–H groups in total. The summed E-state index contributed by atoms with van der Waals surface area (Å²) in [6, 6.07) is 0.327. The first kappa shape index (κ1) is 13.8. The van der Waals surface area contributed by atoms with Gasteiger partial charge < -0.3 is 15.1 Å². The van der Waals surface area contributed by atoms with E-state index >= 15 is 0 Å². The lowest BCUT2D eigenvalue weighted by molar-refractivity contribution is -0.120. The van der Waals surface area contributed by atoms with Gasteiger partial charge in [-0.25, -0.2) is 0 Å². The number of carbonyl (C=O) groups is 1. The van der Waals surface area contributed by atoms with Gasteiger partial charge in [-0.1, -0.05) is 12.0 Å². The quantitative estimate of drug-likeness (QED) is 0.686. The number of aryl methyl sites for hydroxylation is 1. The number of nitrogens with one attached hydrogen (secondary N) is 2. The Morgan fingerprint density at radius 2 is 2.24 bits per heavy atom. The number of aromatic nitrogens is 2. The van der Waals surface area contributed by atoms with E-state index in [0.29, 0.717) is 43.7 Å². The zero-order valence-corrected chi connectivity index (χ0v) is 10.6. The topological polar surface area (TPSA) is 80.0 Å². The van der Waals surface area contributed by atoms with Crippen molar-refractivity contribution in [3.8, 4) is 0 Å². The predicted octanol–water partition coefficient (Wildman–Crippen LogP) is 1.18. The fourth-order valence-electron chi connectivity index (χ4n) is 1.14. The molecule has 0 aliphatic carbocycles. The highest BCUT2D eigenvalue weighted by molar-refractivity contribution is 6.17. The van der Waals surface area contributed by atoms with E-state index in [1.807, 2.05) is 6.92 Å². The van der Waals surface area contributed by atoms with Gasteiger partial charge in [0.25, 0.3) is 0 Å². The third-order valence-corrected chi connectivity index (χ3v) is 2.16. The van der Waals surface area contributed by atoms with Crippen LogP contribution in [0.1, 0.15) is 25.7 Å². The fraction of sp³-hybridized carbons (Fsp3) is 0.700. The van der Waals surface area contributed by atoms with Gasteiger partial charge in [-0.2, -0.15) is 0 Å². The number of rotatable bonds is 8. The first-order valence-corrected chi connectivity index (χ1v) is 6.18. The molecule has 0 aliphatic rings. The molecule has 0 atom stereocenters. The summed E-state index contributed by atoms with van der Waals surface area (Å²) in [5.74, 6) is 0.957. The predicted molar refractivity (Wildman–Crippen MR) is 65.1 cm³/mol. The third-order valence-electron chi connectivity index (χ3n) is 1.98. The van der Waals surface area contributed by atoms with E-state index in [1.165, 1.54) is 0 Å². The van der Waals surface area contributed by atoms with Crippen LogP contribution in [0.15, 0.2) is 4.42 Å². The Morgan fingerprint density at radius 1 is 1.41 bits per heavy atom. The minimum atomic E-state index is 0.0137. The highest BCUT2D eigenvalue weighted by atomic mass is 35.5. The van der Waals surface area contributed by atoms with Gasteiger partial charge >= 0.3 is 6.01 Å². The summed E-state index contributed by atoms with van der Waals surface area (Å²) in [6.45, 7) is 3.19. The number of hydrogen-bond donors (Lipinski definition) is 2. The zero-order valence-electron chi connectivity index (χ0n) is 9.83. The molecule has 17 heavy (non-hydrogen) atoms. The van der Waals surface area contributed by atoms with E-state index in [4.69, 9.17) is 16.0 Å². The fourth-order valence-corrected chi connectivity index (χ4v) is 1.30. The first-order valence-electron chi connectivity index (χ1n) is 5.65. The van der Waals surface area contributed by atoms with Crippen LogP contribution in [-0.2, 0) is 11.2 Å². The van der Waals surface area contributed by atoms with Gasteiger partial charge in [0.2, 0.25) is 11.8 Å². The van der Waals surface area contributed by atoms with E-state index in [2.05, 4.69) is 20.8 Å². The van der Waals surface area contributed by atoms with Crippen molar-refractivity contribution in [2.75, 3.05) is 24.3 Å². The Kier molecular flexibility index (Phi) is 6.39. The first-order chi connectivity index (χ1) is 8.26. The molecule has 6 nitrogen and oxygen atoms in total. The second-order valence-electron chi connectivity index (χ2n) is 3.47. The van der Waals surface area contributed by atoms with Crippen molar-refractivity contribution in [2.24, 2.45) is 0 Å². The molecule has 1 aromatic heterocycles. The van der Waals surface area contributed by atoms with E-state index in [-0.39, 0.29) is 5.91 Å². The lowest BCUT2D eigenvalue weighted by Crippen LogP contribution is -2.25. The van der Waals surface area contributed by atoms with Crippen LogP contribution in [0, 0.1) is 0 Å².